The van der Waals surface area contributed by atoms with E-state index in [9.17, 15) is 18.0 Å². The molecule has 3 aromatic carbocycles. The number of hydrogen-bond donors (Lipinski definition) is 2. The second-order valence-electron chi connectivity index (χ2n) is 8.36. The Labute approximate surface area is 224 Å². The molecule has 38 heavy (non-hydrogen) atoms. The summed E-state index contributed by atoms with van der Waals surface area (Å²) in [7, 11) is -4.04. The van der Waals surface area contributed by atoms with Crippen molar-refractivity contribution in [2.45, 2.75) is 17.5 Å². The summed E-state index contributed by atoms with van der Waals surface area (Å²) in [5.74, 6) is -0.210. The van der Waals surface area contributed by atoms with Gasteiger partial charge in [0.1, 0.15) is 11.5 Å². The molecule has 0 saturated heterocycles. The van der Waals surface area contributed by atoms with Crippen molar-refractivity contribution < 1.29 is 27.2 Å². The Morgan fingerprint density at radius 3 is 2.45 bits per heavy atom. The molecule has 1 aromatic heterocycles. The van der Waals surface area contributed by atoms with Gasteiger partial charge in [0.05, 0.1) is 41.2 Å². The van der Waals surface area contributed by atoms with Crippen molar-refractivity contribution in [1.29, 1.82) is 0 Å². The third-order valence-electron chi connectivity index (χ3n) is 5.86. The van der Waals surface area contributed by atoms with E-state index in [1.54, 1.807) is 60.7 Å². The fraction of sp³-hybridized carbons (Fsp3) is 0.111. The summed E-state index contributed by atoms with van der Waals surface area (Å²) in [5, 5.41) is 5.86. The van der Waals surface area contributed by atoms with Crippen LogP contribution in [0.25, 0.3) is 0 Å². The predicted octanol–water partition coefficient (Wildman–Crippen LogP) is 4.46. The largest absolute Gasteiger partial charge is 0.476 e. The highest BCUT2D eigenvalue weighted by atomic mass is 35.5. The van der Waals surface area contributed by atoms with E-state index in [2.05, 4.69) is 10.6 Å². The van der Waals surface area contributed by atoms with Crippen LogP contribution in [0, 0.1) is 0 Å². The number of halogens is 1. The lowest BCUT2D eigenvalue weighted by Gasteiger charge is -2.34. The molecule has 1 atom stereocenters. The Bertz CT molecular complexity index is 1570. The number of sulfonamides is 1. The van der Waals surface area contributed by atoms with Crippen LogP contribution in [0.2, 0.25) is 5.02 Å². The number of fused-ring (bicyclic) bond motifs is 1. The first-order valence-corrected chi connectivity index (χ1v) is 13.4. The van der Waals surface area contributed by atoms with E-state index in [4.69, 9.17) is 20.8 Å². The summed E-state index contributed by atoms with van der Waals surface area (Å²) in [6.45, 7) is -0.102. The fourth-order valence-corrected chi connectivity index (χ4v) is 5.58. The smallest absolute Gasteiger partial charge is 0.267 e. The number of carbonyl (C=O) groups is 2. The molecule has 2 heterocycles. The standard InChI is InChI=1S/C27H22ClN3O6S/c28-18-11-13-20(14-12-18)38(34,35)31-17-25(37-24-10-4-3-9-23(24)31)27(33)30-22-8-2-1-7-21(22)26(32)29-16-19-6-5-15-36-19/h1-15,25H,16-17H2,(H,29,32)(H,30,33)/t25-/m1/s1. The van der Waals surface area contributed by atoms with Gasteiger partial charge >= 0.3 is 0 Å². The first kappa shape index (κ1) is 25.4. The highest BCUT2D eigenvalue weighted by Crippen LogP contribution is 2.37. The van der Waals surface area contributed by atoms with Gasteiger partial charge in [-0.05, 0) is 60.7 Å². The lowest BCUT2D eigenvalue weighted by atomic mass is 10.1. The van der Waals surface area contributed by atoms with E-state index in [1.165, 1.54) is 30.5 Å². The number of ether oxygens (including phenoxy) is 1. The van der Waals surface area contributed by atoms with E-state index in [-0.39, 0.29) is 35.0 Å². The predicted molar refractivity (Wildman–Crippen MR) is 142 cm³/mol. The zero-order valence-corrected chi connectivity index (χ0v) is 21.4. The molecule has 9 nitrogen and oxygen atoms in total. The molecule has 5 rings (SSSR count). The number of amides is 2. The lowest BCUT2D eigenvalue weighted by molar-refractivity contribution is -0.122. The maximum atomic E-state index is 13.5. The molecule has 0 radical (unpaired) electrons. The molecule has 1 aliphatic heterocycles. The molecule has 0 saturated carbocycles. The minimum absolute atomic E-state index is 0.0244. The van der Waals surface area contributed by atoms with Crippen molar-refractivity contribution in [1.82, 2.24) is 5.32 Å². The van der Waals surface area contributed by atoms with E-state index in [0.717, 1.165) is 4.31 Å². The van der Waals surface area contributed by atoms with Gasteiger partial charge in [-0.25, -0.2) is 8.42 Å². The number of rotatable bonds is 7. The Kier molecular flexibility index (Phi) is 7.08. The number of anilines is 2. The summed E-state index contributed by atoms with van der Waals surface area (Å²) < 4.78 is 39.3. The van der Waals surface area contributed by atoms with Crippen LogP contribution in [0.3, 0.4) is 0 Å². The summed E-state index contributed by atoms with van der Waals surface area (Å²) in [6.07, 6.45) is 0.320. The molecular weight excluding hydrogens is 530 g/mol. The number of furan rings is 1. The molecule has 0 bridgehead atoms. The third kappa shape index (κ3) is 5.22. The van der Waals surface area contributed by atoms with Gasteiger partial charge in [0.2, 0.25) is 0 Å². The van der Waals surface area contributed by atoms with Gasteiger partial charge in [0.25, 0.3) is 21.8 Å². The number of carbonyl (C=O) groups excluding carboxylic acids is 2. The topological polar surface area (TPSA) is 118 Å². The highest BCUT2D eigenvalue weighted by molar-refractivity contribution is 7.92. The van der Waals surface area contributed by atoms with Crippen molar-refractivity contribution in [2.24, 2.45) is 0 Å². The minimum Gasteiger partial charge on any atom is -0.476 e. The molecular formula is C27H22ClN3O6S. The van der Waals surface area contributed by atoms with Crippen LogP contribution < -0.4 is 19.7 Å². The van der Waals surface area contributed by atoms with Crippen LogP contribution in [0.5, 0.6) is 5.75 Å². The first-order chi connectivity index (χ1) is 18.3. The number of nitrogens with zero attached hydrogens (tertiary/aromatic N) is 1. The molecule has 0 spiro atoms. The van der Waals surface area contributed by atoms with Crippen LogP contribution in [0.4, 0.5) is 11.4 Å². The summed E-state index contributed by atoms with van der Waals surface area (Å²) in [4.78, 5) is 26.2. The van der Waals surface area contributed by atoms with E-state index in [0.29, 0.717) is 16.5 Å². The normalized spacial score (nSPS) is 14.8. The van der Waals surface area contributed by atoms with Gasteiger partial charge in [0, 0.05) is 5.02 Å². The van der Waals surface area contributed by atoms with Crippen LogP contribution >= 0.6 is 11.6 Å². The molecule has 1 aliphatic rings. The number of benzene rings is 3. The van der Waals surface area contributed by atoms with Crippen LogP contribution in [-0.2, 0) is 21.4 Å². The van der Waals surface area contributed by atoms with Gasteiger partial charge < -0.3 is 19.8 Å². The summed E-state index contributed by atoms with van der Waals surface area (Å²) >= 11 is 5.94. The Morgan fingerprint density at radius 1 is 0.947 bits per heavy atom. The average Bonchev–Trinajstić information content (AvgIpc) is 3.45. The van der Waals surface area contributed by atoms with Gasteiger partial charge in [-0.15, -0.1) is 0 Å². The SMILES string of the molecule is O=C(NCc1ccco1)c1ccccc1NC(=O)[C@H]1CN(S(=O)(=O)c2ccc(Cl)cc2)c2ccccc2O1. The zero-order chi connectivity index (χ0) is 26.7. The second-order valence-corrected chi connectivity index (χ2v) is 10.7. The highest BCUT2D eigenvalue weighted by Gasteiger charge is 2.37. The van der Waals surface area contributed by atoms with Crippen molar-refractivity contribution in [3.8, 4) is 5.75 Å². The molecule has 0 fully saturated rings. The second kappa shape index (κ2) is 10.6. The van der Waals surface area contributed by atoms with Gasteiger partial charge in [-0.2, -0.15) is 0 Å². The molecule has 2 N–H and O–H groups in total. The Morgan fingerprint density at radius 2 is 1.68 bits per heavy atom. The summed E-state index contributed by atoms with van der Waals surface area (Å²) in [5.41, 5.74) is 0.794. The van der Waals surface area contributed by atoms with Crippen molar-refractivity contribution in [3.63, 3.8) is 0 Å². The Hall–Kier alpha value is -4.28. The van der Waals surface area contributed by atoms with Crippen LogP contribution in [0.15, 0.2) is 101 Å². The molecule has 0 unspecified atom stereocenters. The van der Waals surface area contributed by atoms with Gasteiger partial charge in [-0.3, -0.25) is 13.9 Å². The van der Waals surface area contributed by atoms with Crippen LogP contribution in [-0.4, -0.2) is 32.9 Å². The molecule has 0 aliphatic carbocycles. The average molecular weight is 552 g/mol. The van der Waals surface area contributed by atoms with E-state index >= 15 is 0 Å². The Balaban J connectivity index is 1.38. The zero-order valence-electron chi connectivity index (χ0n) is 19.8. The van der Waals surface area contributed by atoms with Crippen molar-refractivity contribution >= 4 is 44.8 Å². The third-order valence-corrected chi connectivity index (χ3v) is 7.91. The van der Waals surface area contributed by atoms with Crippen molar-refractivity contribution in [2.75, 3.05) is 16.2 Å². The number of nitrogens with one attached hydrogen (secondary N) is 2. The van der Waals surface area contributed by atoms with Gasteiger partial charge in [0.15, 0.2) is 6.10 Å². The lowest BCUT2D eigenvalue weighted by Crippen LogP contribution is -2.49. The van der Waals surface area contributed by atoms with Gasteiger partial charge in [-0.1, -0.05) is 35.9 Å². The maximum absolute atomic E-state index is 13.5. The monoisotopic (exact) mass is 551 g/mol. The van der Waals surface area contributed by atoms with Crippen LogP contribution in [0.1, 0.15) is 16.1 Å². The van der Waals surface area contributed by atoms with E-state index < -0.39 is 27.9 Å². The quantitative estimate of drug-likeness (QED) is 0.350. The first-order valence-electron chi connectivity index (χ1n) is 11.6. The fourth-order valence-electron chi connectivity index (χ4n) is 3.98. The molecule has 4 aromatic rings. The number of para-hydroxylation sites is 3. The van der Waals surface area contributed by atoms with E-state index in [1.807, 2.05) is 0 Å². The maximum Gasteiger partial charge on any atom is 0.267 e. The number of hydrogen-bond acceptors (Lipinski definition) is 6. The summed E-state index contributed by atoms with van der Waals surface area (Å²) in [6, 6.07) is 22.3. The molecule has 11 heteroatoms. The molecule has 194 valence electrons. The van der Waals surface area contributed by atoms with Crippen molar-refractivity contribution in [3.05, 3.63) is 108 Å². The molecule has 2 amide bonds. The minimum atomic E-state index is -4.04.